The van der Waals surface area contributed by atoms with Crippen molar-refractivity contribution in [1.82, 2.24) is 19.9 Å². The SMILES string of the molecule is O=S1(=O)c2ccccc2-c2ccccc2-c2ccccc2-c2ccc(-c3cc(-c4ccc(-c5cccnc5)nc4)nc(-c4ccccc4)n3)cc2-c2ccc3ccccc3c21. The summed E-state index contributed by atoms with van der Waals surface area (Å²) in [5.74, 6) is 0.563. The van der Waals surface area contributed by atoms with E-state index in [0.717, 1.165) is 66.7 Å². The molecule has 3 aromatic heterocycles. The molecule has 0 bridgehead atoms. The van der Waals surface area contributed by atoms with E-state index in [1.54, 1.807) is 18.5 Å². The molecule has 0 aliphatic carbocycles. The van der Waals surface area contributed by atoms with Crippen LogP contribution in [-0.4, -0.2) is 28.4 Å². The molecule has 0 saturated heterocycles. The lowest BCUT2D eigenvalue weighted by Gasteiger charge is -2.19. The normalized spacial score (nSPS) is 12.5. The Balaban J connectivity index is 1.20. The van der Waals surface area contributed by atoms with Crippen molar-refractivity contribution < 1.29 is 8.42 Å². The third kappa shape index (κ3) is 6.31. The van der Waals surface area contributed by atoms with Crippen molar-refractivity contribution in [2.75, 3.05) is 0 Å². The van der Waals surface area contributed by atoms with E-state index >= 15 is 8.42 Å². The van der Waals surface area contributed by atoms with Gasteiger partial charge < -0.3 is 0 Å². The van der Waals surface area contributed by atoms with Crippen molar-refractivity contribution >= 4 is 20.6 Å². The largest absolute Gasteiger partial charge is 0.264 e. The molecule has 0 fully saturated rings. The number of rotatable bonds is 4. The van der Waals surface area contributed by atoms with Gasteiger partial charge in [0.15, 0.2) is 5.82 Å². The molecule has 6 nitrogen and oxygen atoms in total. The summed E-state index contributed by atoms with van der Waals surface area (Å²) in [5.41, 5.74) is 12.4. The second-order valence-electron chi connectivity index (χ2n) is 15.0. The molecule has 0 amide bonds. The number of hydrogen-bond acceptors (Lipinski definition) is 6. The molecule has 7 heteroatoms. The lowest BCUT2D eigenvalue weighted by Crippen LogP contribution is -2.07. The van der Waals surface area contributed by atoms with Gasteiger partial charge in [-0.3, -0.25) is 9.97 Å². The zero-order valence-corrected chi connectivity index (χ0v) is 33.5. The van der Waals surface area contributed by atoms with Crippen LogP contribution in [-0.2, 0) is 9.84 Å². The zero-order valence-electron chi connectivity index (χ0n) is 32.6. The van der Waals surface area contributed by atoms with Crippen molar-refractivity contribution in [3.05, 3.63) is 207 Å². The molecule has 288 valence electrons. The van der Waals surface area contributed by atoms with Crippen LogP contribution < -0.4 is 0 Å². The average molecular weight is 803 g/mol. The van der Waals surface area contributed by atoms with Crippen molar-refractivity contribution in [2.24, 2.45) is 0 Å². The predicted molar refractivity (Wildman–Crippen MR) is 244 cm³/mol. The van der Waals surface area contributed by atoms with Crippen molar-refractivity contribution in [3.63, 3.8) is 0 Å². The number of aromatic nitrogens is 4. The first-order valence-corrected chi connectivity index (χ1v) is 21.5. The maximum atomic E-state index is 15.6. The Bertz CT molecular complexity index is 3430. The van der Waals surface area contributed by atoms with E-state index in [-0.39, 0.29) is 9.79 Å². The van der Waals surface area contributed by atoms with Gasteiger partial charge in [0.25, 0.3) is 0 Å². The second kappa shape index (κ2) is 14.7. The van der Waals surface area contributed by atoms with Crippen LogP contribution in [0.5, 0.6) is 0 Å². The number of pyridine rings is 2. The Labute approximate surface area is 353 Å². The van der Waals surface area contributed by atoms with Crippen molar-refractivity contribution in [2.45, 2.75) is 9.79 Å². The van der Waals surface area contributed by atoms with Crippen LogP contribution in [0, 0.1) is 0 Å². The number of hydrogen-bond donors (Lipinski definition) is 0. The minimum Gasteiger partial charge on any atom is -0.264 e. The van der Waals surface area contributed by atoms with E-state index in [2.05, 4.69) is 41.4 Å². The summed E-state index contributed by atoms with van der Waals surface area (Å²) in [6.07, 6.45) is 5.38. The first-order chi connectivity index (χ1) is 30.0. The van der Waals surface area contributed by atoms with Gasteiger partial charge in [0, 0.05) is 57.4 Å². The summed E-state index contributed by atoms with van der Waals surface area (Å²) in [6.45, 7) is 0. The molecule has 0 N–H and O–H groups in total. The second-order valence-corrected chi connectivity index (χ2v) is 16.9. The molecule has 1 aliphatic rings. The summed E-state index contributed by atoms with van der Waals surface area (Å²) in [5, 5.41) is 1.50. The molecule has 4 heterocycles. The van der Waals surface area contributed by atoms with E-state index < -0.39 is 9.84 Å². The molecule has 1 aliphatic heterocycles. The maximum absolute atomic E-state index is 15.6. The Hall–Kier alpha value is -7.87. The number of fused-ring (bicyclic) bond motifs is 11. The highest BCUT2D eigenvalue weighted by Gasteiger charge is 2.31. The minimum atomic E-state index is -4.14. The van der Waals surface area contributed by atoms with Gasteiger partial charge in [-0.15, -0.1) is 0 Å². The summed E-state index contributed by atoms with van der Waals surface area (Å²) in [7, 11) is -4.14. The van der Waals surface area contributed by atoms with Gasteiger partial charge >= 0.3 is 0 Å². The van der Waals surface area contributed by atoms with Gasteiger partial charge in [-0.1, -0.05) is 146 Å². The van der Waals surface area contributed by atoms with Gasteiger partial charge in [0.05, 0.1) is 26.9 Å². The zero-order chi connectivity index (χ0) is 40.9. The van der Waals surface area contributed by atoms with Crippen LogP contribution in [0.4, 0.5) is 0 Å². The van der Waals surface area contributed by atoms with Crippen LogP contribution >= 0.6 is 0 Å². The number of sulfone groups is 1. The van der Waals surface area contributed by atoms with Crippen molar-refractivity contribution in [1.29, 1.82) is 0 Å². The van der Waals surface area contributed by atoms with Crippen LogP contribution in [0.3, 0.4) is 0 Å². The molecular formula is C54H34N4O2S. The molecule has 7 aromatic carbocycles. The smallest absolute Gasteiger partial charge is 0.208 e. The fourth-order valence-corrected chi connectivity index (χ4v) is 10.4. The molecular weight excluding hydrogens is 769 g/mol. The average Bonchev–Trinajstić information content (AvgIpc) is 3.34. The maximum Gasteiger partial charge on any atom is 0.208 e. The highest BCUT2D eigenvalue weighted by atomic mass is 32.2. The molecule has 61 heavy (non-hydrogen) atoms. The standard InChI is InChI=1S/C54H34N4O2S/c59-61(60)52-23-11-10-22-46(52)44-21-9-8-19-42(44)41-18-6-7-20-43(41)45-27-25-37(31-48(45)47-28-24-35-13-4-5-17-40(35)53(47)61)50-32-51(58-54(57-50)36-14-2-1-3-15-36)39-26-29-49(56-34-39)38-16-12-30-55-33-38/h1-34H. The Kier molecular flexibility index (Phi) is 8.76. The molecule has 0 spiro atoms. The highest BCUT2D eigenvalue weighted by molar-refractivity contribution is 7.92. The summed E-state index contributed by atoms with van der Waals surface area (Å²) >= 11 is 0. The molecule has 0 saturated carbocycles. The van der Waals surface area contributed by atoms with Gasteiger partial charge in [0.2, 0.25) is 9.84 Å². The Morgan fingerprint density at radius 1 is 0.377 bits per heavy atom. The minimum absolute atomic E-state index is 0.258. The summed E-state index contributed by atoms with van der Waals surface area (Å²) in [6, 6.07) is 61.6. The fraction of sp³-hybridized carbons (Fsp3) is 0. The van der Waals surface area contributed by atoms with E-state index in [0.29, 0.717) is 33.7 Å². The lowest BCUT2D eigenvalue weighted by molar-refractivity contribution is 0.597. The Morgan fingerprint density at radius 2 is 0.951 bits per heavy atom. The van der Waals surface area contributed by atoms with E-state index in [1.165, 1.54) is 0 Å². The number of nitrogens with zero attached hydrogens (tertiary/aromatic N) is 4. The molecule has 0 unspecified atom stereocenters. The van der Waals surface area contributed by atoms with Gasteiger partial charge in [0.1, 0.15) is 0 Å². The van der Waals surface area contributed by atoms with Gasteiger partial charge in [-0.2, -0.15) is 0 Å². The number of benzene rings is 7. The van der Waals surface area contributed by atoms with Gasteiger partial charge in [-0.25, -0.2) is 18.4 Å². The molecule has 11 rings (SSSR count). The summed E-state index contributed by atoms with van der Waals surface area (Å²) < 4.78 is 31.2. The van der Waals surface area contributed by atoms with E-state index in [4.69, 9.17) is 15.0 Å². The quantitative estimate of drug-likeness (QED) is 0.176. The molecule has 0 radical (unpaired) electrons. The summed E-state index contributed by atoms with van der Waals surface area (Å²) in [4.78, 5) is 19.8. The molecule has 10 aromatic rings. The van der Waals surface area contributed by atoms with Crippen LogP contribution in [0.2, 0.25) is 0 Å². The van der Waals surface area contributed by atoms with Crippen molar-refractivity contribution in [3.8, 4) is 89.7 Å². The van der Waals surface area contributed by atoms with Crippen LogP contribution in [0.25, 0.3) is 100 Å². The lowest BCUT2D eigenvalue weighted by atomic mass is 9.85. The topological polar surface area (TPSA) is 85.7 Å². The first kappa shape index (κ1) is 36.2. The van der Waals surface area contributed by atoms with E-state index in [9.17, 15) is 0 Å². The third-order valence-corrected chi connectivity index (χ3v) is 13.3. The van der Waals surface area contributed by atoms with Gasteiger partial charge in [-0.05, 0) is 81.2 Å². The first-order valence-electron chi connectivity index (χ1n) is 20.0. The van der Waals surface area contributed by atoms with Crippen LogP contribution in [0.1, 0.15) is 0 Å². The Morgan fingerprint density at radius 3 is 1.66 bits per heavy atom. The third-order valence-electron chi connectivity index (χ3n) is 11.4. The predicted octanol–water partition coefficient (Wildman–Crippen LogP) is 12.9. The molecule has 0 atom stereocenters. The monoisotopic (exact) mass is 802 g/mol. The van der Waals surface area contributed by atoms with Crippen LogP contribution in [0.15, 0.2) is 216 Å². The fourth-order valence-electron chi connectivity index (χ4n) is 8.53. The highest BCUT2D eigenvalue weighted by Crippen LogP contribution is 2.49. The van der Waals surface area contributed by atoms with E-state index in [1.807, 2.05) is 152 Å².